The summed E-state index contributed by atoms with van der Waals surface area (Å²) >= 11 is 0. The summed E-state index contributed by atoms with van der Waals surface area (Å²) in [5.41, 5.74) is 1.40. The Morgan fingerprint density at radius 3 is 1.62 bits per heavy atom. The average Bonchev–Trinajstić information content (AvgIpc) is 2.64. The molecule has 2 fully saturated rings. The number of nitrogens with zero attached hydrogens (tertiary/aromatic N) is 2. The maximum atomic E-state index is 4.79. The lowest BCUT2D eigenvalue weighted by Gasteiger charge is -2.29. The zero-order valence-corrected chi connectivity index (χ0v) is 15.8. The average molecular weight is 329 g/mol. The standard InChI is InChI=1S/C22H36N2/c1-3-5-17-7-11-19(12-8-17)21-15-23-22(24-16-21)20-13-9-18(6-4-2)10-14-20/h15-20H,3-14H2,1-2H3/t17-,18-,19-,20-. The van der Waals surface area contributed by atoms with Crippen LogP contribution in [0.15, 0.2) is 12.4 Å². The first-order chi connectivity index (χ1) is 11.8. The van der Waals surface area contributed by atoms with Gasteiger partial charge in [0, 0.05) is 18.3 Å². The molecular weight excluding hydrogens is 292 g/mol. The highest BCUT2D eigenvalue weighted by Gasteiger charge is 2.25. The molecule has 0 bridgehead atoms. The second-order valence-corrected chi connectivity index (χ2v) is 8.39. The highest BCUT2D eigenvalue weighted by molar-refractivity contribution is 5.14. The molecule has 0 unspecified atom stereocenters. The molecule has 1 aromatic heterocycles. The fourth-order valence-corrected chi connectivity index (χ4v) is 5.08. The quantitative estimate of drug-likeness (QED) is 0.586. The van der Waals surface area contributed by atoms with Crippen molar-refractivity contribution in [2.45, 2.75) is 103 Å². The first-order valence-corrected chi connectivity index (χ1v) is 10.6. The largest absolute Gasteiger partial charge is 0.241 e. The molecule has 0 aliphatic heterocycles. The zero-order chi connectivity index (χ0) is 16.8. The van der Waals surface area contributed by atoms with Crippen LogP contribution in [0.1, 0.15) is 114 Å². The van der Waals surface area contributed by atoms with Gasteiger partial charge >= 0.3 is 0 Å². The Kier molecular flexibility index (Phi) is 6.68. The van der Waals surface area contributed by atoms with Crippen LogP contribution in [-0.2, 0) is 0 Å². The van der Waals surface area contributed by atoms with Crippen LogP contribution in [0.5, 0.6) is 0 Å². The molecule has 0 spiro atoms. The summed E-state index contributed by atoms with van der Waals surface area (Å²) in [6.45, 7) is 4.62. The highest BCUT2D eigenvalue weighted by Crippen LogP contribution is 2.38. The Morgan fingerprint density at radius 2 is 1.17 bits per heavy atom. The molecule has 2 nitrogen and oxygen atoms in total. The predicted molar refractivity (Wildman–Crippen MR) is 101 cm³/mol. The van der Waals surface area contributed by atoms with Crippen molar-refractivity contribution in [1.29, 1.82) is 0 Å². The van der Waals surface area contributed by atoms with Gasteiger partial charge in [0.2, 0.25) is 0 Å². The SMILES string of the molecule is CCC[C@H]1CC[C@H](c2cnc([C@H]3CC[C@H](CCC)CC3)nc2)CC1. The summed E-state index contributed by atoms with van der Waals surface area (Å²) in [4.78, 5) is 9.59. The molecule has 2 saturated carbocycles. The fraction of sp³-hybridized carbons (Fsp3) is 0.818. The molecular formula is C22H36N2. The third-order valence-electron chi connectivity index (χ3n) is 6.62. The topological polar surface area (TPSA) is 25.8 Å². The van der Waals surface area contributed by atoms with E-state index < -0.39 is 0 Å². The van der Waals surface area contributed by atoms with Crippen molar-refractivity contribution in [2.75, 3.05) is 0 Å². The van der Waals surface area contributed by atoms with Crippen molar-refractivity contribution >= 4 is 0 Å². The van der Waals surface area contributed by atoms with E-state index in [0.29, 0.717) is 11.8 Å². The second-order valence-electron chi connectivity index (χ2n) is 8.39. The van der Waals surface area contributed by atoms with Crippen LogP contribution in [0, 0.1) is 11.8 Å². The zero-order valence-electron chi connectivity index (χ0n) is 15.8. The van der Waals surface area contributed by atoms with E-state index >= 15 is 0 Å². The normalized spacial score (nSPS) is 31.1. The lowest BCUT2D eigenvalue weighted by atomic mass is 9.78. The minimum Gasteiger partial charge on any atom is -0.241 e. The van der Waals surface area contributed by atoms with E-state index in [0.717, 1.165) is 17.7 Å². The van der Waals surface area contributed by atoms with Gasteiger partial charge in [-0.15, -0.1) is 0 Å². The van der Waals surface area contributed by atoms with Gasteiger partial charge in [0.25, 0.3) is 0 Å². The predicted octanol–water partition coefficient (Wildman–Crippen LogP) is 6.62. The summed E-state index contributed by atoms with van der Waals surface area (Å²) in [6.07, 6.45) is 20.7. The maximum absolute atomic E-state index is 4.79. The number of aromatic nitrogens is 2. The van der Waals surface area contributed by atoms with E-state index in [1.54, 1.807) is 0 Å². The van der Waals surface area contributed by atoms with Crippen LogP contribution in [-0.4, -0.2) is 9.97 Å². The lowest BCUT2D eigenvalue weighted by molar-refractivity contribution is 0.300. The molecule has 2 aliphatic rings. The van der Waals surface area contributed by atoms with E-state index in [1.807, 2.05) is 0 Å². The molecule has 1 heterocycles. The van der Waals surface area contributed by atoms with Gasteiger partial charge in [-0.25, -0.2) is 9.97 Å². The molecule has 24 heavy (non-hydrogen) atoms. The molecule has 1 aromatic rings. The molecule has 0 amide bonds. The highest BCUT2D eigenvalue weighted by atomic mass is 14.9. The van der Waals surface area contributed by atoms with Crippen molar-refractivity contribution < 1.29 is 0 Å². The lowest BCUT2D eigenvalue weighted by Crippen LogP contribution is -2.16. The number of rotatable bonds is 6. The van der Waals surface area contributed by atoms with Crippen LogP contribution < -0.4 is 0 Å². The van der Waals surface area contributed by atoms with E-state index in [9.17, 15) is 0 Å². The summed E-state index contributed by atoms with van der Waals surface area (Å²) in [5, 5.41) is 0. The Bertz CT molecular complexity index is 420. The van der Waals surface area contributed by atoms with Gasteiger partial charge in [-0.2, -0.15) is 0 Å². The molecule has 0 saturated heterocycles. The van der Waals surface area contributed by atoms with E-state index in [-0.39, 0.29) is 0 Å². The van der Waals surface area contributed by atoms with Gasteiger partial charge in [-0.05, 0) is 74.7 Å². The number of hydrogen-bond acceptors (Lipinski definition) is 2. The Balaban J connectivity index is 1.51. The van der Waals surface area contributed by atoms with Crippen molar-refractivity contribution in [1.82, 2.24) is 9.97 Å². The monoisotopic (exact) mass is 328 g/mol. The van der Waals surface area contributed by atoms with Gasteiger partial charge in [-0.1, -0.05) is 39.5 Å². The van der Waals surface area contributed by atoms with Crippen molar-refractivity contribution in [3.63, 3.8) is 0 Å². The Labute approximate surface area is 148 Å². The summed E-state index contributed by atoms with van der Waals surface area (Å²) in [7, 11) is 0. The van der Waals surface area contributed by atoms with Crippen LogP contribution >= 0.6 is 0 Å². The minimum absolute atomic E-state index is 0.618. The molecule has 2 heteroatoms. The van der Waals surface area contributed by atoms with E-state index in [1.165, 1.54) is 82.6 Å². The summed E-state index contributed by atoms with van der Waals surface area (Å²) < 4.78 is 0. The van der Waals surface area contributed by atoms with Crippen molar-refractivity contribution in [2.24, 2.45) is 11.8 Å². The molecule has 0 radical (unpaired) electrons. The first kappa shape index (κ1) is 17.9. The third kappa shape index (κ3) is 4.58. The van der Waals surface area contributed by atoms with Crippen LogP contribution in [0.25, 0.3) is 0 Å². The molecule has 2 aliphatic carbocycles. The Hall–Kier alpha value is -0.920. The molecule has 134 valence electrons. The van der Waals surface area contributed by atoms with Crippen LogP contribution in [0.4, 0.5) is 0 Å². The minimum atomic E-state index is 0.618. The van der Waals surface area contributed by atoms with Crippen molar-refractivity contribution in [3.05, 3.63) is 23.8 Å². The van der Waals surface area contributed by atoms with Crippen molar-refractivity contribution in [3.8, 4) is 0 Å². The summed E-state index contributed by atoms with van der Waals surface area (Å²) in [6, 6.07) is 0. The van der Waals surface area contributed by atoms with Crippen LogP contribution in [0.2, 0.25) is 0 Å². The smallest absolute Gasteiger partial charge is 0.131 e. The van der Waals surface area contributed by atoms with E-state index in [4.69, 9.17) is 9.97 Å². The van der Waals surface area contributed by atoms with Gasteiger partial charge in [0.15, 0.2) is 0 Å². The molecule has 0 N–H and O–H groups in total. The third-order valence-corrected chi connectivity index (χ3v) is 6.62. The van der Waals surface area contributed by atoms with Gasteiger partial charge in [0.05, 0.1) is 0 Å². The maximum Gasteiger partial charge on any atom is 0.131 e. The van der Waals surface area contributed by atoms with Gasteiger partial charge in [0.1, 0.15) is 5.82 Å². The second kappa shape index (κ2) is 8.97. The van der Waals surface area contributed by atoms with E-state index in [2.05, 4.69) is 26.2 Å². The fourth-order valence-electron chi connectivity index (χ4n) is 5.08. The van der Waals surface area contributed by atoms with Crippen LogP contribution in [0.3, 0.4) is 0 Å². The summed E-state index contributed by atoms with van der Waals surface area (Å²) in [5.74, 6) is 4.39. The molecule has 3 rings (SSSR count). The van der Waals surface area contributed by atoms with Gasteiger partial charge in [-0.3, -0.25) is 0 Å². The molecule has 0 aromatic carbocycles. The van der Waals surface area contributed by atoms with Gasteiger partial charge < -0.3 is 0 Å². The Morgan fingerprint density at radius 1 is 0.708 bits per heavy atom. The molecule has 0 atom stereocenters. The number of hydrogen-bond donors (Lipinski definition) is 0. The first-order valence-electron chi connectivity index (χ1n) is 10.6.